The van der Waals surface area contributed by atoms with Crippen LogP contribution in [0, 0.1) is 5.92 Å². The zero-order valence-electron chi connectivity index (χ0n) is 9.97. The third-order valence-corrected chi connectivity index (χ3v) is 2.18. The summed E-state index contributed by atoms with van der Waals surface area (Å²) in [5.74, 6) is 0.171. The van der Waals surface area contributed by atoms with Crippen molar-refractivity contribution in [3.05, 3.63) is 18.2 Å². The first-order chi connectivity index (χ1) is 7.49. The highest BCUT2D eigenvalue weighted by molar-refractivity contribution is 5.91. The molecule has 0 fully saturated rings. The fourth-order valence-electron chi connectivity index (χ4n) is 1.46. The van der Waals surface area contributed by atoms with Crippen LogP contribution in [0.1, 0.15) is 30.8 Å². The summed E-state index contributed by atoms with van der Waals surface area (Å²) in [6, 6.07) is 0. The lowest BCUT2D eigenvalue weighted by atomic mass is 10.1. The molecular weight excluding hydrogens is 206 g/mol. The molecule has 0 saturated heterocycles. The Bertz CT molecular complexity index is 347. The zero-order chi connectivity index (χ0) is 12.1. The number of hydrogen-bond acceptors (Lipinski definition) is 3. The number of nitrogens with one attached hydrogen (secondary N) is 1. The molecule has 0 aliphatic rings. The molecule has 16 heavy (non-hydrogen) atoms. The number of rotatable bonds is 5. The van der Waals surface area contributed by atoms with Gasteiger partial charge in [0, 0.05) is 19.8 Å². The second-order valence-corrected chi connectivity index (χ2v) is 4.42. The number of aliphatic hydroxyl groups excluding tert-OH is 1. The summed E-state index contributed by atoms with van der Waals surface area (Å²) in [7, 11) is 1.80. The van der Waals surface area contributed by atoms with Gasteiger partial charge >= 0.3 is 0 Å². The van der Waals surface area contributed by atoms with Crippen molar-refractivity contribution in [3.63, 3.8) is 0 Å². The van der Waals surface area contributed by atoms with Gasteiger partial charge in [0.05, 0.1) is 12.4 Å². The number of aliphatic hydroxyl groups is 1. The van der Waals surface area contributed by atoms with E-state index in [0.717, 1.165) is 0 Å². The van der Waals surface area contributed by atoms with Crippen LogP contribution in [0.3, 0.4) is 0 Å². The predicted octanol–water partition coefficient (Wildman–Crippen LogP) is 0.557. The first-order valence-corrected chi connectivity index (χ1v) is 5.43. The number of amides is 1. The van der Waals surface area contributed by atoms with E-state index in [1.54, 1.807) is 24.1 Å². The van der Waals surface area contributed by atoms with Crippen LogP contribution >= 0.6 is 0 Å². The van der Waals surface area contributed by atoms with Crippen molar-refractivity contribution in [1.29, 1.82) is 0 Å². The smallest absolute Gasteiger partial charge is 0.271 e. The van der Waals surface area contributed by atoms with E-state index < -0.39 is 6.10 Å². The molecule has 2 N–H and O–H groups in total. The van der Waals surface area contributed by atoms with Gasteiger partial charge in [0.25, 0.3) is 5.91 Å². The van der Waals surface area contributed by atoms with Gasteiger partial charge in [-0.1, -0.05) is 13.8 Å². The Morgan fingerprint density at radius 2 is 2.31 bits per heavy atom. The maximum Gasteiger partial charge on any atom is 0.271 e. The molecule has 0 spiro atoms. The molecule has 90 valence electrons. The highest BCUT2D eigenvalue weighted by Gasteiger charge is 2.11. The van der Waals surface area contributed by atoms with E-state index in [2.05, 4.69) is 10.3 Å². The van der Waals surface area contributed by atoms with E-state index in [9.17, 15) is 9.90 Å². The lowest BCUT2D eigenvalue weighted by Crippen LogP contribution is -2.32. The van der Waals surface area contributed by atoms with Gasteiger partial charge in [-0.2, -0.15) is 0 Å². The quantitative estimate of drug-likeness (QED) is 0.769. The van der Waals surface area contributed by atoms with Gasteiger partial charge in [0.1, 0.15) is 5.69 Å². The monoisotopic (exact) mass is 225 g/mol. The van der Waals surface area contributed by atoms with Crippen molar-refractivity contribution in [1.82, 2.24) is 14.9 Å². The van der Waals surface area contributed by atoms with E-state index >= 15 is 0 Å². The molecule has 0 saturated carbocycles. The maximum absolute atomic E-state index is 11.6. The number of aromatic nitrogens is 2. The van der Waals surface area contributed by atoms with Crippen LogP contribution in [0.25, 0.3) is 0 Å². The van der Waals surface area contributed by atoms with Crippen LogP contribution < -0.4 is 5.32 Å². The number of carbonyl (C=O) groups excluding carboxylic acids is 1. The van der Waals surface area contributed by atoms with E-state index in [1.165, 1.54) is 0 Å². The Hall–Kier alpha value is -1.36. The van der Waals surface area contributed by atoms with Crippen molar-refractivity contribution >= 4 is 5.91 Å². The van der Waals surface area contributed by atoms with Crippen molar-refractivity contribution in [2.45, 2.75) is 26.4 Å². The number of imidazole rings is 1. The summed E-state index contributed by atoms with van der Waals surface area (Å²) in [5, 5.41) is 12.2. The van der Waals surface area contributed by atoms with Crippen molar-refractivity contribution in [2.24, 2.45) is 13.0 Å². The Labute approximate surface area is 95.5 Å². The second kappa shape index (κ2) is 5.65. The summed E-state index contributed by atoms with van der Waals surface area (Å²) in [4.78, 5) is 15.5. The molecule has 0 aromatic carbocycles. The van der Waals surface area contributed by atoms with Gasteiger partial charge in [-0.3, -0.25) is 4.79 Å². The lowest BCUT2D eigenvalue weighted by molar-refractivity contribution is 0.0896. The van der Waals surface area contributed by atoms with E-state index in [0.29, 0.717) is 18.0 Å². The predicted molar refractivity (Wildman–Crippen MR) is 61.0 cm³/mol. The molecule has 1 amide bonds. The van der Waals surface area contributed by atoms with Crippen molar-refractivity contribution in [3.8, 4) is 0 Å². The maximum atomic E-state index is 11.6. The second-order valence-electron chi connectivity index (χ2n) is 4.42. The van der Waals surface area contributed by atoms with Crippen LogP contribution in [0.4, 0.5) is 0 Å². The molecule has 0 radical (unpaired) electrons. The molecule has 1 aromatic rings. The van der Waals surface area contributed by atoms with Crippen LogP contribution in [-0.4, -0.2) is 33.2 Å². The molecule has 0 aliphatic heterocycles. The molecule has 0 aliphatic carbocycles. The molecule has 5 nitrogen and oxygen atoms in total. The molecule has 1 atom stereocenters. The zero-order valence-corrected chi connectivity index (χ0v) is 9.97. The normalized spacial score (nSPS) is 12.8. The molecule has 0 bridgehead atoms. The van der Waals surface area contributed by atoms with E-state index in [4.69, 9.17) is 0 Å². The molecule has 1 heterocycles. The summed E-state index contributed by atoms with van der Waals surface area (Å²) >= 11 is 0. The van der Waals surface area contributed by atoms with Crippen LogP contribution in [0.5, 0.6) is 0 Å². The van der Waals surface area contributed by atoms with Crippen LogP contribution in [0.2, 0.25) is 0 Å². The van der Waals surface area contributed by atoms with E-state index in [1.807, 2.05) is 13.8 Å². The minimum Gasteiger partial charge on any atom is -0.391 e. The Kier molecular flexibility index (Phi) is 4.49. The van der Waals surface area contributed by atoms with Gasteiger partial charge in [-0.15, -0.1) is 0 Å². The summed E-state index contributed by atoms with van der Waals surface area (Å²) in [6.45, 7) is 4.33. The summed E-state index contributed by atoms with van der Waals surface area (Å²) < 4.78 is 1.71. The Morgan fingerprint density at radius 3 is 2.81 bits per heavy atom. The van der Waals surface area contributed by atoms with Gasteiger partial charge in [-0.05, 0) is 12.3 Å². The fourth-order valence-corrected chi connectivity index (χ4v) is 1.46. The molecular formula is C11H19N3O2. The number of nitrogens with zero attached hydrogens (tertiary/aromatic N) is 2. The highest BCUT2D eigenvalue weighted by Crippen LogP contribution is 2.03. The third-order valence-electron chi connectivity index (χ3n) is 2.18. The first-order valence-electron chi connectivity index (χ1n) is 5.43. The Morgan fingerprint density at radius 1 is 1.62 bits per heavy atom. The molecule has 5 heteroatoms. The fraction of sp³-hybridized carbons (Fsp3) is 0.636. The standard InChI is InChI=1S/C11H19N3O2/c1-8(2)4-9(15)5-12-11(16)10-6-14(3)7-13-10/h6-9,15H,4-5H2,1-3H3,(H,12,16). The minimum atomic E-state index is -0.493. The van der Waals surface area contributed by atoms with Crippen LogP contribution in [0.15, 0.2) is 12.5 Å². The Balaban J connectivity index is 2.35. The largest absolute Gasteiger partial charge is 0.391 e. The highest BCUT2D eigenvalue weighted by atomic mass is 16.3. The average molecular weight is 225 g/mol. The lowest BCUT2D eigenvalue weighted by Gasteiger charge is -2.13. The molecule has 1 rings (SSSR count). The van der Waals surface area contributed by atoms with Gasteiger partial charge < -0.3 is 15.0 Å². The number of hydrogen-bond donors (Lipinski definition) is 2. The first kappa shape index (κ1) is 12.7. The van der Waals surface area contributed by atoms with Crippen LogP contribution in [-0.2, 0) is 7.05 Å². The van der Waals surface area contributed by atoms with Crippen molar-refractivity contribution < 1.29 is 9.90 Å². The molecule has 1 unspecified atom stereocenters. The number of carbonyl (C=O) groups is 1. The summed E-state index contributed by atoms with van der Waals surface area (Å²) in [6.07, 6.45) is 3.40. The number of aryl methyl sites for hydroxylation is 1. The van der Waals surface area contributed by atoms with Gasteiger partial charge in [0.2, 0.25) is 0 Å². The van der Waals surface area contributed by atoms with Gasteiger partial charge in [-0.25, -0.2) is 4.98 Å². The van der Waals surface area contributed by atoms with E-state index in [-0.39, 0.29) is 12.5 Å². The molecule has 1 aromatic heterocycles. The average Bonchev–Trinajstić information content (AvgIpc) is 2.60. The topological polar surface area (TPSA) is 67.2 Å². The third kappa shape index (κ3) is 4.02. The summed E-state index contributed by atoms with van der Waals surface area (Å²) in [5.41, 5.74) is 0.374. The van der Waals surface area contributed by atoms with Gasteiger partial charge in [0.15, 0.2) is 0 Å². The minimum absolute atomic E-state index is 0.247. The SMILES string of the molecule is CC(C)CC(O)CNC(=O)c1cn(C)cn1. The van der Waals surface area contributed by atoms with Crippen molar-refractivity contribution in [2.75, 3.05) is 6.54 Å².